The van der Waals surface area contributed by atoms with E-state index in [1.807, 2.05) is 24.3 Å². The van der Waals surface area contributed by atoms with E-state index in [1.54, 1.807) is 42.7 Å². The van der Waals surface area contributed by atoms with Gasteiger partial charge in [-0.3, -0.25) is 14.7 Å². The molecular formula is C24H23N5O3. The van der Waals surface area contributed by atoms with E-state index in [4.69, 9.17) is 9.47 Å². The Balaban J connectivity index is 1.24. The van der Waals surface area contributed by atoms with Crippen molar-refractivity contribution in [1.29, 1.82) is 0 Å². The number of ether oxygens (including phenoxy) is 2. The summed E-state index contributed by atoms with van der Waals surface area (Å²) in [6.07, 6.45) is 3.32. The van der Waals surface area contributed by atoms with Crippen LogP contribution in [0.25, 0.3) is 11.0 Å². The molecule has 0 bridgehead atoms. The van der Waals surface area contributed by atoms with E-state index in [0.717, 1.165) is 49.7 Å². The highest BCUT2D eigenvalue weighted by Crippen LogP contribution is 2.22. The van der Waals surface area contributed by atoms with Gasteiger partial charge in [0.1, 0.15) is 17.3 Å². The third-order valence-electron chi connectivity index (χ3n) is 5.25. The van der Waals surface area contributed by atoms with Gasteiger partial charge in [0.05, 0.1) is 37.0 Å². The summed E-state index contributed by atoms with van der Waals surface area (Å²) in [5.41, 5.74) is 3.02. The maximum atomic E-state index is 12.7. The normalized spacial score (nSPS) is 14.4. The summed E-state index contributed by atoms with van der Waals surface area (Å²) < 4.78 is 11.1. The van der Waals surface area contributed by atoms with Gasteiger partial charge in [0, 0.05) is 30.5 Å². The summed E-state index contributed by atoms with van der Waals surface area (Å²) in [6, 6.07) is 16.3. The number of nitrogens with one attached hydrogen (secondary N) is 2. The lowest BCUT2D eigenvalue weighted by molar-refractivity contribution is 0.0332. The molecule has 2 N–H and O–H groups in total. The highest BCUT2D eigenvalue weighted by Gasteiger charge is 2.14. The summed E-state index contributed by atoms with van der Waals surface area (Å²) in [5, 5.41) is 2.95. The predicted molar refractivity (Wildman–Crippen MR) is 121 cm³/mol. The van der Waals surface area contributed by atoms with Crippen molar-refractivity contribution >= 4 is 22.6 Å². The number of rotatable bonds is 6. The molecule has 0 radical (unpaired) electrons. The van der Waals surface area contributed by atoms with Crippen LogP contribution < -0.4 is 10.1 Å². The van der Waals surface area contributed by atoms with E-state index in [1.165, 1.54) is 0 Å². The minimum atomic E-state index is -0.190. The fourth-order valence-electron chi connectivity index (χ4n) is 3.61. The Labute approximate surface area is 185 Å². The summed E-state index contributed by atoms with van der Waals surface area (Å²) in [5.74, 6) is 2.01. The average molecular weight is 429 g/mol. The van der Waals surface area contributed by atoms with Gasteiger partial charge >= 0.3 is 0 Å². The molecule has 1 amide bonds. The van der Waals surface area contributed by atoms with Crippen molar-refractivity contribution in [2.24, 2.45) is 0 Å². The Bertz CT molecular complexity index is 1200. The lowest BCUT2D eigenvalue weighted by Gasteiger charge is -2.25. The quantitative estimate of drug-likeness (QED) is 0.484. The van der Waals surface area contributed by atoms with Crippen molar-refractivity contribution in [1.82, 2.24) is 19.9 Å². The molecule has 1 aliphatic heterocycles. The van der Waals surface area contributed by atoms with Crippen LogP contribution in [0.3, 0.4) is 0 Å². The van der Waals surface area contributed by atoms with Crippen molar-refractivity contribution in [3.63, 3.8) is 0 Å². The van der Waals surface area contributed by atoms with E-state index in [9.17, 15) is 4.79 Å². The third kappa shape index (κ3) is 4.77. The number of hydrogen-bond acceptors (Lipinski definition) is 6. The van der Waals surface area contributed by atoms with Crippen LogP contribution in [0.15, 0.2) is 67.0 Å². The van der Waals surface area contributed by atoms with Gasteiger partial charge in [-0.25, -0.2) is 4.98 Å². The minimum Gasteiger partial charge on any atom is -0.456 e. The molecule has 0 saturated carbocycles. The van der Waals surface area contributed by atoms with Gasteiger partial charge < -0.3 is 19.8 Å². The molecule has 1 saturated heterocycles. The molecule has 2 aromatic heterocycles. The zero-order valence-electron chi connectivity index (χ0n) is 17.5. The monoisotopic (exact) mass is 429 g/mol. The number of H-pyrrole nitrogens is 1. The SMILES string of the molecule is O=C(Nc1ccc2nc(CN3CCOCC3)[nH]c2c1)c1ccc(Oc2cccnc2)cc1. The molecule has 0 atom stereocenters. The van der Waals surface area contributed by atoms with Gasteiger partial charge in [0.25, 0.3) is 5.91 Å². The maximum absolute atomic E-state index is 12.7. The molecule has 4 aromatic rings. The number of hydrogen-bond donors (Lipinski definition) is 2. The second-order valence-corrected chi connectivity index (χ2v) is 7.57. The van der Waals surface area contributed by atoms with Gasteiger partial charge in [0.15, 0.2) is 0 Å². The Morgan fingerprint density at radius 2 is 1.94 bits per heavy atom. The minimum absolute atomic E-state index is 0.190. The van der Waals surface area contributed by atoms with E-state index >= 15 is 0 Å². The largest absolute Gasteiger partial charge is 0.456 e. The molecule has 2 aromatic carbocycles. The van der Waals surface area contributed by atoms with Gasteiger partial charge in [-0.05, 0) is 54.6 Å². The number of carbonyl (C=O) groups excluding carboxylic acids is 1. The Hall–Kier alpha value is -3.75. The smallest absolute Gasteiger partial charge is 0.255 e. The predicted octanol–water partition coefficient (Wildman–Crippen LogP) is 3.83. The molecule has 1 aliphatic rings. The zero-order valence-corrected chi connectivity index (χ0v) is 17.5. The van der Waals surface area contributed by atoms with Crippen molar-refractivity contribution in [2.45, 2.75) is 6.54 Å². The number of pyridine rings is 1. The molecule has 32 heavy (non-hydrogen) atoms. The molecule has 0 aliphatic carbocycles. The van der Waals surface area contributed by atoms with Gasteiger partial charge in [0.2, 0.25) is 0 Å². The molecule has 1 fully saturated rings. The first-order valence-corrected chi connectivity index (χ1v) is 10.5. The first-order valence-electron chi connectivity index (χ1n) is 10.5. The van der Waals surface area contributed by atoms with Crippen LogP contribution >= 0.6 is 0 Å². The number of imidazole rings is 1. The first-order chi connectivity index (χ1) is 15.7. The third-order valence-corrected chi connectivity index (χ3v) is 5.25. The molecule has 5 rings (SSSR count). The number of nitrogens with zero attached hydrogens (tertiary/aromatic N) is 3. The first kappa shape index (κ1) is 20.2. The van der Waals surface area contributed by atoms with E-state index in [2.05, 4.69) is 25.2 Å². The number of carbonyl (C=O) groups is 1. The summed E-state index contributed by atoms with van der Waals surface area (Å²) in [6.45, 7) is 4.09. The Morgan fingerprint density at radius 3 is 2.72 bits per heavy atom. The molecule has 8 nitrogen and oxygen atoms in total. The van der Waals surface area contributed by atoms with Gasteiger partial charge in [-0.2, -0.15) is 0 Å². The van der Waals surface area contributed by atoms with Crippen LogP contribution in [0, 0.1) is 0 Å². The number of aromatic amines is 1. The Morgan fingerprint density at radius 1 is 1.09 bits per heavy atom. The van der Waals surface area contributed by atoms with Crippen LogP contribution in [0.5, 0.6) is 11.5 Å². The van der Waals surface area contributed by atoms with Crippen molar-refractivity contribution in [3.05, 3.63) is 78.4 Å². The molecule has 8 heteroatoms. The highest BCUT2D eigenvalue weighted by atomic mass is 16.5. The second-order valence-electron chi connectivity index (χ2n) is 7.57. The fourth-order valence-corrected chi connectivity index (χ4v) is 3.61. The van der Waals surface area contributed by atoms with Crippen LogP contribution in [0.1, 0.15) is 16.2 Å². The number of benzene rings is 2. The van der Waals surface area contributed by atoms with E-state index in [0.29, 0.717) is 22.7 Å². The molecule has 3 heterocycles. The van der Waals surface area contributed by atoms with Crippen LogP contribution in [-0.4, -0.2) is 52.1 Å². The number of amides is 1. The van der Waals surface area contributed by atoms with Crippen LogP contribution in [-0.2, 0) is 11.3 Å². The number of fused-ring (bicyclic) bond motifs is 1. The molecule has 0 spiro atoms. The van der Waals surface area contributed by atoms with Crippen LogP contribution in [0.2, 0.25) is 0 Å². The summed E-state index contributed by atoms with van der Waals surface area (Å²) in [4.78, 5) is 27.0. The molecule has 162 valence electrons. The molecule has 0 unspecified atom stereocenters. The van der Waals surface area contributed by atoms with Crippen molar-refractivity contribution in [2.75, 3.05) is 31.6 Å². The lowest BCUT2D eigenvalue weighted by atomic mass is 10.2. The fraction of sp³-hybridized carbons (Fsp3) is 0.208. The lowest BCUT2D eigenvalue weighted by Crippen LogP contribution is -2.35. The summed E-state index contributed by atoms with van der Waals surface area (Å²) in [7, 11) is 0. The average Bonchev–Trinajstić information content (AvgIpc) is 3.22. The Kier molecular flexibility index (Phi) is 5.78. The van der Waals surface area contributed by atoms with Gasteiger partial charge in [-0.1, -0.05) is 0 Å². The number of morpholine rings is 1. The number of aromatic nitrogens is 3. The van der Waals surface area contributed by atoms with E-state index in [-0.39, 0.29) is 5.91 Å². The van der Waals surface area contributed by atoms with Gasteiger partial charge in [-0.15, -0.1) is 0 Å². The summed E-state index contributed by atoms with van der Waals surface area (Å²) >= 11 is 0. The topological polar surface area (TPSA) is 92.4 Å². The number of anilines is 1. The molecular weight excluding hydrogens is 406 g/mol. The zero-order chi connectivity index (χ0) is 21.8. The van der Waals surface area contributed by atoms with Crippen LogP contribution in [0.4, 0.5) is 5.69 Å². The maximum Gasteiger partial charge on any atom is 0.255 e. The highest BCUT2D eigenvalue weighted by molar-refractivity contribution is 6.05. The van der Waals surface area contributed by atoms with Crippen molar-refractivity contribution in [3.8, 4) is 11.5 Å². The van der Waals surface area contributed by atoms with E-state index < -0.39 is 0 Å². The standard InChI is InChI=1S/C24H23N5O3/c30-24(17-3-6-19(7-4-17)32-20-2-1-9-25-15-20)26-18-5-8-21-22(14-18)28-23(27-21)16-29-10-12-31-13-11-29/h1-9,14-15H,10-13,16H2,(H,26,30)(H,27,28). The second kappa shape index (κ2) is 9.17. The van der Waals surface area contributed by atoms with Crippen molar-refractivity contribution < 1.29 is 14.3 Å².